The Hall–Kier alpha value is -1.68. The third-order valence-corrected chi connectivity index (χ3v) is 6.16. The molecule has 27 heavy (non-hydrogen) atoms. The number of carbonyl (C=O) groups excluding carboxylic acids is 1. The fraction of sp³-hybridized carbons (Fsp3) is 0.235. The van der Waals surface area contributed by atoms with E-state index in [-0.39, 0.29) is 43.9 Å². The lowest BCUT2D eigenvalue weighted by Crippen LogP contribution is -2.30. The molecule has 2 rings (SSSR count). The number of carbonyl (C=O) groups is 1. The molecule has 0 saturated heterocycles. The molecule has 5 nitrogen and oxygen atoms in total. The molecule has 0 atom stereocenters. The zero-order chi connectivity index (χ0) is 20.2. The molecular formula is C17H17ClF2N2O3S2. The summed E-state index contributed by atoms with van der Waals surface area (Å²) in [5.74, 6) is -3.36. The molecule has 0 aromatic heterocycles. The molecule has 0 saturated carbocycles. The van der Waals surface area contributed by atoms with Gasteiger partial charge in [0.2, 0.25) is 10.0 Å². The fourth-order valence-corrected chi connectivity index (χ4v) is 4.40. The van der Waals surface area contributed by atoms with Gasteiger partial charge in [-0.25, -0.2) is 13.1 Å². The van der Waals surface area contributed by atoms with Crippen LogP contribution in [0.15, 0.2) is 52.3 Å². The molecule has 0 unspecified atom stereocenters. The Labute approximate surface area is 165 Å². The predicted molar refractivity (Wildman–Crippen MR) is 103 cm³/mol. The summed E-state index contributed by atoms with van der Waals surface area (Å²) < 4.78 is 52.4. The number of halogens is 3. The van der Waals surface area contributed by atoms with Crippen LogP contribution in [0.3, 0.4) is 0 Å². The monoisotopic (exact) mass is 434 g/mol. The van der Waals surface area contributed by atoms with Gasteiger partial charge in [0.25, 0.3) is 11.7 Å². The Morgan fingerprint density at radius 1 is 1.15 bits per heavy atom. The van der Waals surface area contributed by atoms with Crippen molar-refractivity contribution in [3.8, 4) is 0 Å². The first-order valence-corrected chi connectivity index (χ1v) is 10.5. The van der Waals surface area contributed by atoms with Crippen LogP contribution in [0.4, 0.5) is 14.5 Å². The van der Waals surface area contributed by atoms with E-state index in [0.717, 1.165) is 0 Å². The average molecular weight is 435 g/mol. The normalized spacial score (nSPS) is 11.8. The highest BCUT2D eigenvalue weighted by Crippen LogP contribution is 2.37. The second-order valence-corrected chi connectivity index (χ2v) is 8.87. The quantitative estimate of drug-likeness (QED) is 0.625. The first kappa shape index (κ1) is 21.6. The number of nitrogens with one attached hydrogen (secondary N) is 2. The van der Waals surface area contributed by atoms with E-state index >= 15 is 0 Å². The van der Waals surface area contributed by atoms with Gasteiger partial charge in [0.1, 0.15) is 0 Å². The number of amides is 1. The molecule has 1 amide bonds. The molecule has 146 valence electrons. The van der Waals surface area contributed by atoms with Crippen molar-refractivity contribution in [3.05, 3.63) is 53.1 Å². The van der Waals surface area contributed by atoms with Gasteiger partial charge in [-0.1, -0.05) is 35.5 Å². The lowest BCUT2D eigenvalue weighted by atomic mass is 10.2. The number of thioether (sulfide) groups is 1. The van der Waals surface area contributed by atoms with Crippen LogP contribution in [-0.4, -0.2) is 26.1 Å². The van der Waals surface area contributed by atoms with E-state index in [1.807, 2.05) is 0 Å². The topological polar surface area (TPSA) is 75.3 Å². The second kappa shape index (κ2) is 9.01. The molecular weight excluding hydrogens is 418 g/mol. The van der Waals surface area contributed by atoms with Crippen LogP contribution in [0.2, 0.25) is 5.02 Å². The van der Waals surface area contributed by atoms with E-state index in [9.17, 15) is 22.0 Å². The Bertz CT molecular complexity index is 938. The van der Waals surface area contributed by atoms with Gasteiger partial charge in [-0.15, -0.1) is 0 Å². The van der Waals surface area contributed by atoms with E-state index in [0.29, 0.717) is 0 Å². The molecule has 2 aromatic carbocycles. The van der Waals surface area contributed by atoms with Gasteiger partial charge >= 0.3 is 0 Å². The minimum Gasteiger partial charge on any atom is -0.321 e. The summed E-state index contributed by atoms with van der Waals surface area (Å²) in [7, 11) is -3.77. The maximum Gasteiger partial charge on any atom is 0.289 e. The SMILES string of the molecule is CC(C)NS(=O)(=O)c1cccc(C(=O)Nc2cccc(Cl)c2SC(F)F)c1. The van der Waals surface area contributed by atoms with Crippen LogP contribution in [0.5, 0.6) is 0 Å². The Morgan fingerprint density at radius 3 is 2.44 bits per heavy atom. The number of hydrogen-bond acceptors (Lipinski definition) is 4. The summed E-state index contributed by atoms with van der Waals surface area (Å²) in [6.45, 7) is 3.35. The van der Waals surface area contributed by atoms with Crippen LogP contribution in [0, 0.1) is 0 Å². The van der Waals surface area contributed by atoms with E-state index in [4.69, 9.17) is 11.6 Å². The van der Waals surface area contributed by atoms with Gasteiger partial charge in [0.05, 0.1) is 20.5 Å². The van der Waals surface area contributed by atoms with Gasteiger partial charge in [-0.3, -0.25) is 4.79 Å². The summed E-state index contributed by atoms with van der Waals surface area (Å²) in [5.41, 5.74) is 0.181. The number of hydrogen-bond donors (Lipinski definition) is 2. The highest BCUT2D eigenvalue weighted by molar-refractivity contribution is 7.99. The minimum absolute atomic E-state index is 0.0350. The standard InChI is InChI=1S/C17H17ClF2N2O3S2/c1-10(2)22-27(24,25)12-6-3-5-11(9-12)16(23)21-14-8-4-7-13(18)15(14)26-17(19)20/h3-10,17,22H,1-2H3,(H,21,23). The molecule has 0 aliphatic rings. The smallest absolute Gasteiger partial charge is 0.289 e. The molecule has 0 aliphatic heterocycles. The molecule has 0 fully saturated rings. The number of alkyl halides is 2. The van der Waals surface area contributed by atoms with Crippen molar-refractivity contribution in [1.82, 2.24) is 4.72 Å². The Morgan fingerprint density at radius 2 is 1.81 bits per heavy atom. The fourth-order valence-electron chi connectivity index (χ4n) is 2.19. The molecule has 2 aromatic rings. The van der Waals surface area contributed by atoms with Gasteiger partial charge in [-0.05, 0) is 44.2 Å². The Kier molecular flexibility index (Phi) is 7.21. The number of anilines is 1. The zero-order valence-electron chi connectivity index (χ0n) is 14.4. The van der Waals surface area contributed by atoms with Crippen molar-refractivity contribution in [2.24, 2.45) is 0 Å². The first-order valence-electron chi connectivity index (χ1n) is 7.77. The lowest BCUT2D eigenvalue weighted by Gasteiger charge is -2.13. The van der Waals surface area contributed by atoms with Crippen LogP contribution in [-0.2, 0) is 10.0 Å². The van der Waals surface area contributed by atoms with Gasteiger partial charge in [-0.2, -0.15) is 8.78 Å². The molecule has 10 heteroatoms. The zero-order valence-corrected chi connectivity index (χ0v) is 16.8. The highest BCUT2D eigenvalue weighted by atomic mass is 35.5. The molecule has 0 radical (unpaired) electrons. The lowest BCUT2D eigenvalue weighted by molar-refractivity contribution is 0.102. The highest BCUT2D eigenvalue weighted by Gasteiger charge is 2.19. The average Bonchev–Trinajstić information content (AvgIpc) is 2.56. The summed E-state index contributed by atoms with van der Waals surface area (Å²) in [6.07, 6.45) is 0. The maximum atomic E-state index is 12.7. The van der Waals surface area contributed by atoms with Crippen molar-refractivity contribution in [2.45, 2.75) is 35.4 Å². The van der Waals surface area contributed by atoms with Crippen molar-refractivity contribution < 1.29 is 22.0 Å². The van der Waals surface area contributed by atoms with Crippen molar-refractivity contribution >= 4 is 45.0 Å². The van der Waals surface area contributed by atoms with Crippen LogP contribution in [0.25, 0.3) is 0 Å². The summed E-state index contributed by atoms with van der Waals surface area (Å²) in [6, 6.07) is 9.50. The summed E-state index contributed by atoms with van der Waals surface area (Å²) in [5, 5.41) is 2.58. The molecule has 0 spiro atoms. The minimum atomic E-state index is -3.77. The van der Waals surface area contributed by atoms with Crippen LogP contribution in [0.1, 0.15) is 24.2 Å². The second-order valence-electron chi connectivity index (χ2n) is 5.75. The van der Waals surface area contributed by atoms with Crippen LogP contribution < -0.4 is 10.0 Å². The summed E-state index contributed by atoms with van der Waals surface area (Å²) in [4.78, 5) is 12.5. The van der Waals surface area contributed by atoms with Crippen molar-refractivity contribution in [3.63, 3.8) is 0 Å². The van der Waals surface area contributed by atoms with Crippen molar-refractivity contribution in [1.29, 1.82) is 0 Å². The number of benzene rings is 2. The van der Waals surface area contributed by atoms with E-state index in [1.165, 1.54) is 42.5 Å². The van der Waals surface area contributed by atoms with E-state index in [1.54, 1.807) is 13.8 Å². The summed E-state index contributed by atoms with van der Waals surface area (Å²) >= 11 is 6.16. The van der Waals surface area contributed by atoms with Gasteiger partial charge in [0, 0.05) is 11.6 Å². The maximum absolute atomic E-state index is 12.7. The predicted octanol–water partition coefficient (Wildman–Crippen LogP) is 4.59. The molecule has 0 aliphatic carbocycles. The van der Waals surface area contributed by atoms with E-state index < -0.39 is 21.7 Å². The molecule has 0 bridgehead atoms. The first-order chi connectivity index (χ1) is 12.6. The number of rotatable bonds is 7. The van der Waals surface area contributed by atoms with Crippen molar-refractivity contribution in [2.75, 3.05) is 5.32 Å². The third-order valence-electron chi connectivity index (χ3n) is 3.22. The Balaban J connectivity index is 2.30. The largest absolute Gasteiger partial charge is 0.321 e. The van der Waals surface area contributed by atoms with Gasteiger partial charge in [0.15, 0.2) is 0 Å². The molecule has 0 heterocycles. The third kappa shape index (κ3) is 5.90. The number of sulfonamides is 1. The van der Waals surface area contributed by atoms with Gasteiger partial charge < -0.3 is 5.32 Å². The van der Waals surface area contributed by atoms with Crippen LogP contribution >= 0.6 is 23.4 Å². The van der Waals surface area contributed by atoms with E-state index in [2.05, 4.69) is 10.0 Å². The molecule has 2 N–H and O–H groups in total.